The molecule has 1 aromatic heterocycles. The van der Waals surface area contributed by atoms with E-state index in [0.717, 1.165) is 45.3 Å². The number of hydrogen-bond acceptors (Lipinski definition) is 4. The number of unbranched alkanes of at least 4 members (excludes halogenated alkanes) is 1. The molecule has 2 aliphatic heterocycles. The average molecular weight is 454 g/mol. The number of nitrogens with zero attached hydrogens (tertiary/aromatic N) is 3. The van der Waals surface area contributed by atoms with Crippen LogP contribution in [0.5, 0.6) is 0 Å². The van der Waals surface area contributed by atoms with E-state index in [4.69, 9.17) is 0 Å². The Bertz CT molecular complexity index is 1010. The third kappa shape index (κ3) is 5.24. The van der Waals surface area contributed by atoms with Crippen LogP contribution in [0.25, 0.3) is 0 Å². The van der Waals surface area contributed by atoms with Crippen LogP contribution in [0.2, 0.25) is 0 Å². The van der Waals surface area contributed by atoms with E-state index in [9.17, 15) is 18.8 Å². The van der Waals surface area contributed by atoms with Crippen LogP contribution in [0.4, 0.5) is 4.39 Å². The lowest BCUT2D eigenvalue weighted by atomic mass is 9.89. The summed E-state index contributed by atoms with van der Waals surface area (Å²) >= 11 is 0. The summed E-state index contributed by atoms with van der Waals surface area (Å²) in [6.07, 6.45) is 5.81. The fourth-order valence-corrected chi connectivity index (χ4v) is 4.93. The smallest absolute Gasteiger partial charge is 0.271 e. The van der Waals surface area contributed by atoms with Crippen molar-refractivity contribution in [1.82, 2.24) is 14.4 Å². The number of Topliss-reactive ketones (excluding diaryl/α,β-unsaturated/α-hetero) is 2. The second-order valence-corrected chi connectivity index (χ2v) is 9.02. The molecule has 0 N–H and O–H groups in total. The topological polar surface area (TPSA) is 62.6 Å². The van der Waals surface area contributed by atoms with E-state index < -0.39 is 0 Å². The van der Waals surface area contributed by atoms with Crippen molar-refractivity contribution in [3.05, 3.63) is 59.2 Å². The number of aromatic nitrogens is 1. The van der Waals surface area contributed by atoms with Crippen molar-refractivity contribution in [2.75, 3.05) is 32.7 Å². The molecule has 0 unspecified atom stereocenters. The van der Waals surface area contributed by atoms with Gasteiger partial charge in [0, 0.05) is 49.3 Å². The molecule has 33 heavy (non-hydrogen) atoms. The van der Waals surface area contributed by atoms with Gasteiger partial charge >= 0.3 is 0 Å². The van der Waals surface area contributed by atoms with Gasteiger partial charge in [0.2, 0.25) is 0 Å². The zero-order valence-electron chi connectivity index (χ0n) is 19.3. The number of rotatable bonds is 8. The molecule has 0 atom stereocenters. The van der Waals surface area contributed by atoms with E-state index in [1.165, 1.54) is 12.1 Å². The molecule has 3 heterocycles. The maximum absolute atomic E-state index is 13.1. The number of benzene rings is 1. The largest absolute Gasteiger partial charge is 0.343 e. The number of likely N-dealkylation sites (tertiary alicyclic amines) is 1. The van der Waals surface area contributed by atoms with Crippen molar-refractivity contribution < 1.29 is 18.8 Å². The highest BCUT2D eigenvalue weighted by Gasteiger charge is 2.29. The number of fused-ring (bicyclic) bond motifs is 1. The van der Waals surface area contributed by atoms with Gasteiger partial charge in [0.15, 0.2) is 11.6 Å². The van der Waals surface area contributed by atoms with E-state index in [-0.39, 0.29) is 29.2 Å². The molecular weight excluding hydrogens is 421 g/mol. The van der Waals surface area contributed by atoms with Gasteiger partial charge in [-0.25, -0.2) is 4.39 Å². The van der Waals surface area contributed by atoms with Gasteiger partial charge in [-0.15, -0.1) is 0 Å². The predicted octanol–water partition coefficient (Wildman–Crippen LogP) is 4.05. The van der Waals surface area contributed by atoms with Crippen molar-refractivity contribution in [2.45, 2.75) is 45.6 Å². The lowest BCUT2D eigenvalue weighted by Crippen LogP contribution is -2.37. The molecule has 1 aromatic carbocycles. The first kappa shape index (κ1) is 23.4. The minimum Gasteiger partial charge on any atom is -0.343 e. The molecule has 2 aliphatic rings. The highest BCUT2D eigenvalue weighted by molar-refractivity contribution is 6.09. The SMILES string of the molecule is CCN1CCC(=O)c2ccn(CCCCN3CCC(C(=O)c4ccc(F)cc4)CC3)c2C1=O. The summed E-state index contributed by atoms with van der Waals surface area (Å²) in [6, 6.07) is 7.62. The summed E-state index contributed by atoms with van der Waals surface area (Å²) in [7, 11) is 0. The molecule has 0 bridgehead atoms. The van der Waals surface area contributed by atoms with Crippen molar-refractivity contribution >= 4 is 17.5 Å². The van der Waals surface area contributed by atoms with E-state index in [2.05, 4.69) is 4.90 Å². The number of aryl methyl sites for hydroxylation is 1. The maximum atomic E-state index is 13.1. The molecule has 0 aliphatic carbocycles. The van der Waals surface area contributed by atoms with Gasteiger partial charge in [0.1, 0.15) is 11.5 Å². The number of piperidine rings is 1. The predicted molar refractivity (Wildman–Crippen MR) is 124 cm³/mol. The number of halogens is 1. The summed E-state index contributed by atoms with van der Waals surface area (Å²) in [4.78, 5) is 42.1. The molecule has 0 radical (unpaired) electrons. The summed E-state index contributed by atoms with van der Waals surface area (Å²) < 4.78 is 15.0. The number of carbonyl (C=O) groups excluding carboxylic acids is 3. The molecule has 2 aromatic rings. The molecule has 1 saturated heterocycles. The molecule has 6 nitrogen and oxygen atoms in total. The Hall–Kier alpha value is -2.80. The zero-order chi connectivity index (χ0) is 23.4. The minimum atomic E-state index is -0.323. The fraction of sp³-hybridized carbons (Fsp3) is 0.500. The van der Waals surface area contributed by atoms with Crippen LogP contribution in [0.15, 0.2) is 36.5 Å². The molecule has 176 valence electrons. The number of hydrogen-bond donors (Lipinski definition) is 0. The van der Waals surface area contributed by atoms with Gasteiger partial charge in [-0.1, -0.05) is 0 Å². The Morgan fingerprint density at radius 2 is 1.70 bits per heavy atom. The first-order valence-electron chi connectivity index (χ1n) is 12.0. The standard InChI is InChI=1S/C26H32FN3O3/c1-2-29-18-12-23(31)22-11-17-30(24(22)26(29)33)14-4-3-13-28-15-9-20(10-16-28)25(32)19-5-7-21(27)8-6-19/h5-8,11,17,20H,2-4,9-10,12-16,18H2,1H3. The normalized spacial score (nSPS) is 17.8. The molecule has 4 rings (SSSR count). The van der Waals surface area contributed by atoms with Crippen molar-refractivity contribution in [2.24, 2.45) is 5.92 Å². The van der Waals surface area contributed by atoms with Crippen LogP contribution in [-0.2, 0) is 6.54 Å². The quantitative estimate of drug-likeness (QED) is 0.447. The minimum absolute atomic E-state index is 0.00658. The van der Waals surface area contributed by atoms with Crippen molar-refractivity contribution in [3.63, 3.8) is 0 Å². The number of amides is 1. The van der Waals surface area contributed by atoms with Crippen LogP contribution in [0.1, 0.15) is 70.2 Å². The first-order chi connectivity index (χ1) is 16.0. The Balaban J connectivity index is 1.24. The van der Waals surface area contributed by atoms with Crippen LogP contribution in [0, 0.1) is 11.7 Å². The van der Waals surface area contributed by atoms with Gasteiger partial charge < -0.3 is 14.4 Å². The van der Waals surface area contributed by atoms with E-state index in [0.29, 0.717) is 42.9 Å². The molecule has 7 heteroatoms. The Labute approximate surface area is 194 Å². The van der Waals surface area contributed by atoms with Gasteiger partial charge in [-0.2, -0.15) is 0 Å². The lowest BCUT2D eigenvalue weighted by Gasteiger charge is -2.31. The molecule has 0 saturated carbocycles. The Morgan fingerprint density at radius 3 is 2.39 bits per heavy atom. The lowest BCUT2D eigenvalue weighted by molar-refractivity contribution is 0.0755. The van der Waals surface area contributed by atoms with Gasteiger partial charge in [0.25, 0.3) is 5.91 Å². The zero-order valence-corrected chi connectivity index (χ0v) is 19.3. The molecule has 1 fully saturated rings. The van der Waals surface area contributed by atoms with E-state index in [1.807, 2.05) is 17.7 Å². The fourth-order valence-electron chi connectivity index (χ4n) is 4.93. The van der Waals surface area contributed by atoms with E-state index >= 15 is 0 Å². The molecule has 1 amide bonds. The summed E-state index contributed by atoms with van der Waals surface area (Å²) in [5, 5.41) is 0. The maximum Gasteiger partial charge on any atom is 0.271 e. The van der Waals surface area contributed by atoms with Crippen LogP contribution < -0.4 is 0 Å². The van der Waals surface area contributed by atoms with Crippen molar-refractivity contribution in [3.8, 4) is 0 Å². The number of ketones is 2. The third-order valence-corrected chi connectivity index (χ3v) is 6.95. The Morgan fingerprint density at radius 1 is 1.00 bits per heavy atom. The third-order valence-electron chi connectivity index (χ3n) is 6.95. The van der Waals surface area contributed by atoms with Crippen LogP contribution in [-0.4, -0.2) is 64.6 Å². The summed E-state index contributed by atoms with van der Waals surface area (Å²) in [6.45, 7) is 6.47. The Kier molecular flexibility index (Phi) is 7.38. The summed E-state index contributed by atoms with van der Waals surface area (Å²) in [5.74, 6) is -0.200. The second kappa shape index (κ2) is 10.4. The average Bonchev–Trinajstić information content (AvgIpc) is 3.21. The van der Waals surface area contributed by atoms with Gasteiger partial charge in [-0.3, -0.25) is 14.4 Å². The second-order valence-electron chi connectivity index (χ2n) is 9.02. The number of carbonyl (C=O) groups is 3. The summed E-state index contributed by atoms with van der Waals surface area (Å²) in [5.41, 5.74) is 1.69. The van der Waals surface area contributed by atoms with Gasteiger partial charge in [-0.05, 0) is 82.6 Å². The monoisotopic (exact) mass is 453 g/mol. The van der Waals surface area contributed by atoms with Crippen LogP contribution >= 0.6 is 0 Å². The van der Waals surface area contributed by atoms with E-state index in [1.54, 1.807) is 23.1 Å². The molecule has 0 spiro atoms. The highest BCUT2D eigenvalue weighted by atomic mass is 19.1. The molecular formula is C26H32FN3O3. The van der Waals surface area contributed by atoms with Crippen molar-refractivity contribution in [1.29, 1.82) is 0 Å². The van der Waals surface area contributed by atoms with Crippen LogP contribution in [0.3, 0.4) is 0 Å². The van der Waals surface area contributed by atoms with Gasteiger partial charge in [0.05, 0.1) is 0 Å². The first-order valence-corrected chi connectivity index (χ1v) is 12.0. The highest BCUT2D eigenvalue weighted by Crippen LogP contribution is 2.23.